The first kappa shape index (κ1) is 30.4. The molecule has 0 unspecified atom stereocenters. The van der Waals surface area contributed by atoms with Crippen molar-refractivity contribution in [2.45, 2.75) is 58.0 Å². The average Bonchev–Trinajstić information content (AvgIpc) is 2.90. The highest BCUT2D eigenvalue weighted by molar-refractivity contribution is 9.10. The second kappa shape index (κ2) is 13.8. The molecule has 208 valence electrons. The molecule has 0 radical (unpaired) electrons. The first-order valence-electron chi connectivity index (χ1n) is 13.0. The number of halogens is 1. The summed E-state index contributed by atoms with van der Waals surface area (Å²) in [6, 6.07) is 20.2. The van der Waals surface area contributed by atoms with Crippen LogP contribution in [-0.2, 0) is 26.2 Å². The maximum atomic E-state index is 14.0. The minimum Gasteiger partial charge on any atom is -0.354 e. The molecule has 0 aliphatic carbocycles. The summed E-state index contributed by atoms with van der Waals surface area (Å²) < 4.78 is 29.7. The van der Waals surface area contributed by atoms with E-state index in [9.17, 15) is 18.0 Å². The van der Waals surface area contributed by atoms with Crippen molar-refractivity contribution in [1.29, 1.82) is 0 Å². The lowest BCUT2D eigenvalue weighted by Crippen LogP contribution is -2.51. The Morgan fingerprint density at radius 3 is 2.15 bits per heavy atom. The highest BCUT2D eigenvalue weighted by Crippen LogP contribution is 2.26. The molecule has 0 heterocycles. The predicted molar refractivity (Wildman–Crippen MR) is 159 cm³/mol. The van der Waals surface area contributed by atoms with Crippen LogP contribution in [0.5, 0.6) is 0 Å². The van der Waals surface area contributed by atoms with Crippen LogP contribution in [0.4, 0.5) is 5.69 Å². The fourth-order valence-corrected chi connectivity index (χ4v) is 5.93. The van der Waals surface area contributed by atoms with Gasteiger partial charge in [0.15, 0.2) is 0 Å². The molecule has 0 aliphatic rings. The van der Waals surface area contributed by atoms with Crippen molar-refractivity contribution < 1.29 is 18.0 Å². The Balaban J connectivity index is 2.01. The average molecular weight is 615 g/mol. The lowest BCUT2D eigenvalue weighted by atomic mass is 10.1. The quantitative estimate of drug-likeness (QED) is 0.270. The zero-order chi connectivity index (χ0) is 28.6. The maximum Gasteiger partial charge on any atom is 0.264 e. The van der Waals surface area contributed by atoms with E-state index in [1.54, 1.807) is 37.3 Å². The van der Waals surface area contributed by atoms with Crippen molar-refractivity contribution in [2.75, 3.05) is 17.4 Å². The molecule has 3 aromatic rings. The summed E-state index contributed by atoms with van der Waals surface area (Å²) in [5, 5.41) is 2.90. The van der Waals surface area contributed by atoms with E-state index in [1.807, 2.05) is 51.1 Å². The fourth-order valence-electron chi connectivity index (χ4n) is 4.25. The van der Waals surface area contributed by atoms with E-state index in [0.717, 1.165) is 38.3 Å². The number of rotatable bonds is 12. The number of sulfonamides is 1. The Labute approximate surface area is 240 Å². The summed E-state index contributed by atoms with van der Waals surface area (Å²) in [6.07, 6.45) is 1.76. The Hall–Kier alpha value is -3.17. The van der Waals surface area contributed by atoms with E-state index in [1.165, 1.54) is 17.0 Å². The van der Waals surface area contributed by atoms with Crippen molar-refractivity contribution in [1.82, 2.24) is 10.2 Å². The number of aryl methyl sites for hydroxylation is 2. The van der Waals surface area contributed by atoms with Crippen LogP contribution >= 0.6 is 15.9 Å². The highest BCUT2D eigenvalue weighted by atomic mass is 79.9. The SMILES string of the molecule is CCCCNC(=O)[C@H](C)N(Cc1ccc(Br)cc1)C(=O)CN(c1cc(C)cc(C)c1)S(=O)(=O)c1ccccc1. The van der Waals surface area contributed by atoms with Crippen LogP contribution in [0.15, 0.2) is 82.2 Å². The van der Waals surface area contributed by atoms with Crippen molar-refractivity contribution in [3.63, 3.8) is 0 Å². The number of benzene rings is 3. The van der Waals surface area contributed by atoms with Crippen molar-refractivity contribution >= 4 is 43.5 Å². The van der Waals surface area contributed by atoms with Crippen molar-refractivity contribution in [3.05, 3.63) is 94.0 Å². The molecule has 2 amide bonds. The van der Waals surface area contributed by atoms with E-state index in [2.05, 4.69) is 21.2 Å². The molecule has 1 atom stereocenters. The zero-order valence-corrected chi connectivity index (χ0v) is 25.3. The van der Waals surface area contributed by atoms with Crippen LogP contribution in [0.3, 0.4) is 0 Å². The molecule has 7 nitrogen and oxygen atoms in total. The number of nitrogens with zero attached hydrogens (tertiary/aromatic N) is 2. The van der Waals surface area contributed by atoms with Gasteiger partial charge in [0.05, 0.1) is 10.6 Å². The van der Waals surface area contributed by atoms with Gasteiger partial charge in [0.2, 0.25) is 11.8 Å². The molecule has 0 aromatic heterocycles. The monoisotopic (exact) mass is 613 g/mol. The third-order valence-electron chi connectivity index (χ3n) is 6.37. The van der Waals surface area contributed by atoms with E-state index in [4.69, 9.17) is 0 Å². The van der Waals surface area contributed by atoms with Gasteiger partial charge < -0.3 is 10.2 Å². The minimum absolute atomic E-state index is 0.0850. The van der Waals surface area contributed by atoms with Gasteiger partial charge in [0.25, 0.3) is 10.0 Å². The van der Waals surface area contributed by atoms with Crippen LogP contribution in [0.1, 0.15) is 43.4 Å². The molecule has 0 fully saturated rings. The van der Waals surface area contributed by atoms with Gasteiger partial charge >= 0.3 is 0 Å². The molecule has 3 aromatic carbocycles. The number of hydrogen-bond donors (Lipinski definition) is 1. The Morgan fingerprint density at radius 2 is 1.56 bits per heavy atom. The van der Waals surface area contributed by atoms with Crippen LogP contribution in [0, 0.1) is 13.8 Å². The highest BCUT2D eigenvalue weighted by Gasteiger charge is 2.32. The second-order valence-electron chi connectivity index (χ2n) is 9.64. The Kier molecular flexibility index (Phi) is 10.7. The number of hydrogen-bond acceptors (Lipinski definition) is 4. The summed E-state index contributed by atoms with van der Waals surface area (Å²) in [7, 11) is -4.08. The van der Waals surface area contributed by atoms with Gasteiger partial charge in [-0.25, -0.2) is 8.42 Å². The smallest absolute Gasteiger partial charge is 0.264 e. The number of nitrogens with one attached hydrogen (secondary N) is 1. The second-order valence-corrected chi connectivity index (χ2v) is 12.4. The van der Waals surface area contributed by atoms with Gasteiger partial charge in [-0.05, 0) is 80.3 Å². The first-order chi connectivity index (χ1) is 18.5. The van der Waals surface area contributed by atoms with Gasteiger partial charge in [-0.15, -0.1) is 0 Å². The van der Waals surface area contributed by atoms with E-state index in [0.29, 0.717) is 12.2 Å². The normalized spacial score (nSPS) is 12.0. The Morgan fingerprint density at radius 1 is 0.949 bits per heavy atom. The summed E-state index contributed by atoms with van der Waals surface area (Å²) in [5.74, 6) is -0.757. The lowest BCUT2D eigenvalue weighted by Gasteiger charge is -2.32. The van der Waals surface area contributed by atoms with Gasteiger partial charge in [0.1, 0.15) is 12.6 Å². The van der Waals surface area contributed by atoms with Crippen LogP contribution < -0.4 is 9.62 Å². The number of unbranched alkanes of at least 4 members (excludes halogenated alkanes) is 1. The largest absolute Gasteiger partial charge is 0.354 e. The first-order valence-corrected chi connectivity index (χ1v) is 15.2. The van der Waals surface area contributed by atoms with E-state index in [-0.39, 0.29) is 17.3 Å². The van der Waals surface area contributed by atoms with Gasteiger partial charge in [-0.3, -0.25) is 13.9 Å². The van der Waals surface area contributed by atoms with Gasteiger partial charge in [0, 0.05) is 17.6 Å². The van der Waals surface area contributed by atoms with Gasteiger partial charge in [-0.1, -0.05) is 65.7 Å². The summed E-state index contributed by atoms with van der Waals surface area (Å²) >= 11 is 3.42. The fraction of sp³-hybridized carbons (Fsp3) is 0.333. The molecule has 1 N–H and O–H groups in total. The number of anilines is 1. The van der Waals surface area contributed by atoms with Crippen LogP contribution in [-0.4, -0.2) is 44.3 Å². The molecule has 0 bridgehead atoms. The number of amides is 2. The number of carbonyl (C=O) groups excluding carboxylic acids is 2. The third kappa shape index (κ3) is 8.16. The molecule has 39 heavy (non-hydrogen) atoms. The molecular weight excluding hydrogens is 578 g/mol. The summed E-state index contributed by atoms with van der Waals surface area (Å²) in [5.41, 5.74) is 2.97. The van der Waals surface area contributed by atoms with Crippen molar-refractivity contribution in [2.24, 2.45) is 0 Å². The molecule has 0 saturated heterocycles. The van der Waals surface area contributed by atoms with Crippen LogP contribution in [0.25, 0.3) is 0 Å². The molecular formula is C30H36BrN3O4S. The van der Waals surface area contributed by atoms with E-state index < -0.39 is 28.5 Å². The predicted octanol–water partition coefficient (Wildman–Crippen LogP) is 5.59. The molecule has 0 saturated carbocycles. The summed E-state index contributed by atoms with van der Waals surface area (Å²) in [4.78, 5) is 28.5. The van der Waals surface area contributed by atoms with Gasteiger partial charge in [-0.2, -0.15) is 0 Å². The number of carbonyl (C=O) groups is 2. The Bertz CT molecular complexity index is 1360. The zero-order valence-electron chi connectivity index (χ0n) is 22.9. The third-order valence-corrected chi connectivity index (χ3v) is 8.68. The standard InChI is InChI=1S/C30H36BrN3O4S/c1-5-6-16-32-30(36)24(4)33(20-25-12-14-26(31)15-13-25)29(35)21-34(27-18-22(2)17-23(3)19-27)39(37,38)28-10-8-7-9-11-28/h7-15,17-19,24H,5-6,16,20-21H2,1-4H3,(H,32,36)/t24-/m0/s1. The molecule has 3 rings (SSSR count). The van der Waals surface area contributed by atoms with E-state index >= 15 is 0 Å². The lowest BCUT2D eigenvalue weighted by molar-refractivity contribution is -0.139. The minimum atomic E-state index is -4.08. The molecule has 9 heteroatoms. The molecule has 0 aliphatic heterocycles. The summed E-state index contributed by atoms with van der Waals surface area (Å²) in [6.45, 7) is 7.68. The van der Waals surface area contributed by atoms with Crippen LogP contribution in [0.2, 0.25) is 0 Å². The topological polar surface area (TPSA) is 86.8 Å². The maximum absolute atomic E-state index is 14.0. The molecule has 0 spiro atoms. The van der Waals surface area contributed by atoms with Crippen molar-refractivity contribution in [3.8, 4) is 0 Å².